The van der Waals surface area contributed by atoms with Crippen molar-refractivity contribution in [1.29, 1.82) is 0 Å². The van der Waals surface area contributed by atoms with Crippen molar-refractivity contribution in [1.82, 2.24) is 18.8 Å². The van der Waals surface area contributed by atoms with Crippen LogP contribution in [-0.4, -0.2) is 46.3 Å². The predicted molar refractivity (Wildman–Crippen MR) is 112 cm³/mol. The van der Waals surface area contributed by atoms with Crippen LogP contribution in [0.3, 0.4) is 0 Å². The Balaban J connectivity index is 1.47. The Bertz CT molecular complexity index is 1150. The maximum atomic E-state index is 12.9. The summed E-state index contributed by atoms with van der Waals surface area (Å²) in [6.45, 7) is 5.12. The van der Waals surface area contributed by atoms with Crippen molar-refractivity contribution >= 4 is 42.6 Å². The van der Waals surface area contributed by atoms with Gasteiger partial charge in [-0.3, -0.25) is 4.79 Å². The topological polar surface area (TPSA) is 97.2 Å². The van der Waals surface area contributed by atoms with Crippen LogP contribution >= 0.6 is 11.3 Å². The van der Waals surface area contributed by atoms with Gasteiger partial charge in [0.1, 0.15) is 0 Å². The second-order valence-electron chi connectivity index (χ2n) is 7.22. The summed E-state index contributed by atoms with van der Waals surface area (Å²) in [7, 11) is -3.71. The van der Waals surface area contributed by atoms with Gasteiger partial charge in [0, 0.05) is 25.8 Å². The van der Waals surface area contributed by atoms with Crippen molar-refractivity contribution in [3.05, 3.63) is 36.3 Å². The van der Waals surface area contributed by atoms with Crippen molar-refractivity contribution in [3.63, 3.8) is 0 Å². The quantitative estimate of drug-likeness (QED) is 0.667. The third-order valence-corrected chi connectivity index (χ3v) is 7.79. The molecular formula is C19H23N5O3S2. The van der Waals surface area contributed by atoms with Gasteiger partial charge in [-0.2, -0.15) is 4.31 Å². The van der Waals surface area contributed by atoms with Crippen molar-refractivity contribution in [2.75, 3.05) is 18.4 Å². The molecule has 1 fully saturated rings. The van der Waals surface area contributed by atoms with E-state index in [1.807, 2.05) is 32.0 Å². The third-order valence-electron chi connectivity index (χ3n) is 5.11. The summed E-state index contributed by atoms with van der Waals surface area (Å²) >= 11 is 1.42. The summed E-state index contributed by atoms with van der Waals surface area (Å²) in [5, 5.41) is 3.44. The van der Waals surface area contributed by atoms with Crippen molar-refractivity contribution < 1.29 is 13.2 Å². The molecule has 29 heavy (non-hydrogen) atoms. The SMILES string of the molecule is CCn1cnc(S(=O)(=O)N2CCC[C@@H](C(=O)Nc3nc4ccc(C)cc4s3)C2)c1. The molecule has 154 valence electrons. The zero-order valence-corrected chi connectivity index (χ0v) is 18.0. The van der Waals surface area contributed by atoms with Crippen molar-refractivity contribution in [2.45, 2.75) is 38.3 Å². The van der Waals surface area contributed by atoms with Gasteiger partial charge in [0.2, 0.25) is 5.91 Å². The van der Waals surface area contributed by atoms with Crippen LogP contribution in [0, 0.1) is 12.8 Å². The molecule has 3 aromatic rings. The number of amides is 1. The lowest BCUT2D eigenvalue weighted by Gasteiger charge is -2.30. The van der Waals surface area contributed by atoms with Crippen LogP contribution in [0.25, 0.3) is 10.2 Å². The standard InChI is InChI=1S/C19H23N5O3S2/c1-3-23-11-17(20-12-23)29(26,27)24-8-4-5-14(10-24)18(25)22-19-21-15-7-6-13(2)9-16(15)28-19/h6-7,9,11-12,14H,3-5,8,10H2,1-2H3,(H,21,22,25)/t14-/m1/s1. The number of piperidine rings is 1. The molecule has 3 heterocycles. The van der Waals surface area contributed by atoms with Crippen molar-refractivity contribution in [3.8, 4) is 0 Å². The summed E-state index contributed by atoms with van der Waals surface area (Å²) in [5.74, 6) is -0.611. The molecular weight excluding hydrogens is 410 g/mol. The van der Waals surface area contributed by atoms with Gasteiger partial charge in [-0.15, -0.1) is 0 Å². The molecule has 0 spiro atoms. The molecule has 1 atom stereocenters. The number of anilines is 1. The Morgan fingerprint density at radius 1 is 1.38 bits per heavy atom. The van der Waals surface area contributed by atoms with E-state index in [0.717, 1.165) is 15.8 Å². The van der Waals surface area contributed by atoms with Crippen LogP contribution in [0.2, 0.25) is 0 Å². The number of hydrogen-bond donors (Lipinski definition) is 1. The average molecular weight is 434 g/mol. The first kappa shape index (κ1) is 20.0. The van der Waals surface area contributed by atoms with Gasteiger partial charge in [0.25, 0.3) is 10.0 Å². The average Bonchev–Trinajstić information content (AvgIpc) is 3.34. The molecule has 1 saturated heterocycles. The highest BCUT2D eigenvalue weighted by atomic mass is 32.2. The number of thiazole rings is 1. The van der Waals surface area contributed by atoms with Gasteiger partial charge in [-0.25, -0.2) is 18.4 Å². The molecule has 8 nitrogen and oxygen atoms in total. The van der Waals surface area contributed by atoms with Gasteiger partial charge < -0.3 is 9.88 Å². The minimum Gasteiger partial charge on any atom is -0.336 e. The summed E-state index contributed by atoms with van der Waals surface area (Å²) in [5.41, 5.74) is 1.98. The number of hydrogen-bond acceptors (Lipinski definition) is 6. The lowest BCUT2D eigenvalue weighted by Crippen LogP contribution is -2.43. The summed E-state index contributed by atoms with van der Waals surface area (Å²) in [6.07, 6.45) is 4.31. The number of fused-ring (bicyclic) bond motifs is 1. The van der Waals surface area contributed by atoms with E-state index in [0.29, 0.717) is 31.1 Å². The number of sulfonamides is 1. The third kappa shape index (κ3) is 4.05. The van der Waals surface area contributed by atoms with Gasteiger partial charge in [-0.1, -0.05) is 17.4 Å². The lowest BCUT2D eigenvalue weighted by atomic mass is 9.99. The number of nitrogens with one attached hydrogen (secondary N) is 1. The number of carbonyl (C=O) groups excluding carboxylic acids is 1. The number of aryl methyl sites for hydroxylation is 2. The van der Waals surface area contributed by atoms with Crippen molar-refractivity contribution in [2.24, 2.45) is 5.92 Å². The number of carbonyl (C=O) groups is 1. The van der Waals surface area contributed by atoms with E-state index in [9.17, 15) is 13.2 Å². The van der Waals surface area contributed by atoms with Gasteiger partial charge in [0.05, 0.1) is 22.5 Å². The van der Waals surface area contributed by atoms with Crippen LogP contribution in [0.15, 0.2) is 35.7 Å². The molecule has 1 aromatic carbocycles. The first-order valence-electron chi connectivity index (χ1n) is 9.57. The highest BCUT2D eigenvalue weighted by Gasteiger charge is 2.34. The van der Waals surface area contributed by atoms with E-state index in [-0.39, 0.29) is 17.5 Å². The van der Waals surface area contributed by atoms with Crippen LogP contribution < -0.4 is 5.32 Å². The predicted octanol–water partition coefficient (Wildman–Crippen LogP) is 2.86. The Morgan fingerprint density at radius 2 is 2.21 bits per heavy atom. The minimum atomic E-state index is -3.71. The maximum absolute atomic E-state index is 12.9. The zero-order valence-electron chi connectivity index (χ0n) is 16.3. The van der Waals surface area contributed by atoms with Crippen LogP contribution in [-0.2, 0) is 21.4 Å². The summed E-state index contributed by atoms with van der Waals surface area (Å²) in [6, 6.07) is 5.95. The lowest BCUT2D eigenvalue weighted by molar-refractivity contribution is -0.120. The molecule has 1 aliphatic heterocycles. The second-order valence-corrected chi connectivity index (χ2v) is 10.1. The summed E-state index contributed by atoms with van der Waals surface area (Å²) in [4.78, 5) is 21.3. The monoisotopic (exact) mass is 433 g/mol. The Labute approximate surface area is 173 Å². The Morgan fingerprint density at radius 3 is 2.97 bits per heavy atom. The van der Waals surface area contributed by atoms with Gasteiger partial charge in [-0.05, 0) is 44.4 Å². The summed E-state index contributed by atoms with van der Waals surface area (Å²) < 4.78 is 29.9. The highest BCUT2D eigenvalue weighted by molar-refractivity contribution is 7.89. The number of benzene rings is 1. The molecule has 1 N–H and O–H groups in total. The van der Waals surface area contributed by atoms with E-state index in [1.165, 1.54) is 28.2 Å². The molecule has 4 rings (SSSR count). The fourth-order valence-electron chi connectivity index (χ4n) is 3.45. The normalized spacial score (nSPS) is 18.2. The Kier molecular flexibility index (Phi) is 5.41. The number of nitrogens with zero attached hydrogens (tertiary/aromatic N) is 4. The maximum Gasteiger partial charge on any atom is 0.262 e. The molecule has 1 aliphatic rings. The molecule has 0 aliphatic carbocycles. The fourth-order valence-corrected chi connectivity index (χ4v) is 5.87. The highest BCUT2D eigenvalue weighted by Crippen LogP contribution is 2.28. The number of imidazole rings is 1. The first-order valence-corrected chi connectivity index (χ1v) is 11.8. The minimum absolute atomic E-state index is 0.0296. The second kappa shape index (κ2) is 7.85. The smallest absolute Gasteiger partial charge is 0.262 e. The van der Waals surface area contributed by atoms with E-state index < -0.39 is 15.9 Å². The van der Waals surface area contributed by atoms with Crippen LogP contribution in [0.5, 0.6) is 0 Å². The van der Waals surface area contributed by atoms with Gasteiger partial charge in [0.15, 0.2) is 10.2 Å². The molecule has 0 unspecified atom stereocenters. The zero-order chi connectivity index (χ0) is 20.6. The van der Waals surface area contributed by atoms with E-state index in [1.54, 1.807) is 4.57 Å². The van der Waals surface area contributed by atoms with Crippen LogP contribution in [0.4, 0.5) is 5.13 Å². The van der Waals surface area contributed by atoms with E-state index in [4.69, 9.17) is 0 Å². The Hall–Kier alpha value is -2.30. The molecule has 2 aromatic heterocycles. The number of rotatable bonds is 5. The van der Waals surface area contributed by atoms with Crippen LogP contribution in [0.1, 0.15) is 25.3 Å². The molecule has 10 heteroatoms. The van der Waals surface area contributed by atoms with E-state index in [2.05, 4.69) is 15.3 Å². The molecule has 0 bridgehead atoms. The molecule has 1 amide bonds. The van der Waals surface area contributed by atoms with Gasteiger partial charge >= 0.3 is 0 Å². The largest absolute Gasteiger partial charge is 0.336 e. The fraction of sp³-hybridized carbons (Fsp3) is 0.421. The van der Waals surface area contributed by atoms with E-state index >= 15 is 0 Å². The molecule has 0 saturated carbocycles. The number of aromatic nitrogens is 3. The molecule has 0 radical (unpaired) electrons. The first-order chi connectivity index (χ1) is 13.9.